The number of halogens is 2. The molecular formula is C21H13Cl2N5O2S. The third-order valence-corrected chi connectivity index (χ3v) is 6.35. The lowest BCUT2D eigenvalue weighted by molar-refractivity contribution is 0.0997. The van der Waals surface area contributed by atoms with Crippen LogP contribution in [0.5, 0.6) is 0 Å². The van der Waals surface area contributed by atoms with Crippen molar-refractivity contribution in [3.05, 3.63) is 76.2 Å². The molecule has 2 aromatic carbocycles. The van der Waals surface area contributed by atoms with Gasteiger partial charge in [-0.1, -0.05) is 40.6 Å². The molecule has 5 rings (SSSR count). The van der Waals surface area contributed by atoms with E-state index in [0.717, 1.165) is 21.4 Å². The van der Waals surface area contributed by atoms with Crippen molar-refractivity contribution in [2.45, 2.75) is 6.92 Å². The summed E-state index contributed by atoms with van der Waals surface area (Å²) in [6, 6.07) is 15.9. The second kappa shape index (κ2) is 7.81. The molecule has 5 aromatic rings. The first-order valence-corrected chi connectivity index (χ1v) is 10.7. The van der Waals surface area contributed by atoms with Crippen LogP contribution >= 0.6 is 34.5 Å². The van der Waals surface area contributed by atoms with Crippen LogP contribution in [0.1, 0.15) is 16.4 Å². The Morgan fingerprint density at radius 1 is 1.06 bits per heavy atom. The number of hydrogen-bond acceptors (Lipinski definition) is 6. The molecular weight excluding hydrogens is 457 g/mol. The fraction of sp³-hybridized carbons (Fsp3) is 0.0476. The van der Waals surface area contributed by atoms with E-state index in [1.807, 2.05) is 19.1 Å². The third kappa shape index (κ3) is 3.69. The van der Waals surface area contributed by atoms with Crippen LogP contribution in [0.25, 0.3) is 26.9 Å². The molecule has 1 N–H and O–H groups in total. The smallest absolute Gasteiger partial charge is 0.291 e. The highest BCUT2D eigenvalue weighted by molar-refractivity contribution is 7.19. The van der Waals surface area contributed by atoms with Gasteiger partial charge in [-0.3, -0.25) is 4.79 Å². The Morgan fingerprint density at radius 2 is 1.87 bits per heavy atom. The van der Waals surface area contributed by atoms with Crippen molar-refractivity contribution in [3.63, 3.8) is 0 Å². The molecule has 0 fully saturated rings. The fourth-order valence-electron chi connectivity index (χ4n) is 3.02. The number of nitrogens with one attached hydrogen (secondary N) is 1. The van der Waals surface area contributed by atoms with Gasteiger partial charge in [-0.15, -0.1) is 10.2 Å². The average molecular weight is 470 g/mol. The Bertz CT molecular complexity index is 1420. The topological polar surface area (TPSA) is 85.3 Å². The van der Waals surface area contributed by atoms with Crippen LogP contribution < -0.4 is 5.32 Å². The average Bonchev–Trinajstić information content (AvgIpc) is 3.49. The zero-order chi connectivity index (χ0) is 21.5. The van der Waals surface area contributed by atoms with Crippen LogP contribution in [0.4, 0.5) is 5.69 Å². The Morgan fingerprint density at radius 3 is 2.65 bits per heavy atom. The van der Waals surface area contributed by atoms with E-state index >= 15 is 0 Å². The zero-order valence-corrected chi connectivity index (χ0v) is 18.3. The van der Waals surface area contributed by atoms with Crippen molar-refractivity contribution < 1.29 is 9.21 Å². The molecule has 0 atom stereocenters. The summed E-state index contributed by atoms with van der Waals surface area (Å²) in [6.45, 7) is 1.85. The lowest BCUT2D eigenvalue weighted by Gasteiger charge is -2.05. The summed E-state index contributed by atoms with van der Waals surface area (Å²) in [4.78, 5) is 13.3. The minimum Gasteiger partial charge on any atom is -0.451 e. The van der Waals surface area contributed by atoms with E-state index < -0.39 is 0 Å². The van der Waals surface area contributed by atoms with Gasteiger partial charge in [0.05, 0.1) is 10.0 Å². The maximum atomic E-state index is 12.6. The highest BCUT2D eigenvalue weighted by Gasteiger charge is 2.16. The van der Waals surface area contributed by atoms with E-state index in [9.17, 15) is 4.79 Å². The Labute approximate surface area is 190 Å². The number of nitrogens with zero attached hydrogens (tertiary/aromatic N) is 4. The monoisotopic (exact) mass is 469 g/mol. The summed E-state index contributed by atoms with van der Waals surface area (Å²) in [5, 5.41) is 17.0. The van der Waals surface area contributed by atoms with Gasteiger partial charge in [0.1, 0.15) is 10.8 Å². The third-order valence-electron chi connectivity index (χ3n) is 4.58. The summed E-state index contributed by atoms with van der Waals surface area (Å²) in [7, 11) is 0. The normalized spacial score (nSPS) is 11.2. The van der Waals surface area contributed by atoms with Gasteiger partial charge in [0.25, 0.3) is 5.91 Å². The van der Waals surface area contributed by atoms with Crippen LogP contribution in [0, 0.1) is 6.92 Å². The lowest BCUT2D eigenvalue weighted by atomic mass is 10.2. The number of carbonyl (C=O) groups excluding carboxylic acids is 1. The van der Waals surface area contributed by atoms with E-state index in [0.29, 0.717) is 27.1 Å². The predicted molar refractivity (Wildman–Crippen MR) is 121 cm³/mol. The maximum absolute atomic E-state index is 12.6. The predicted octanol–water partition coefficient (Wildman–Crippen LogP) is 5.98. The van der Waals surface area contributed by atoms with Crippen molar-refractivity contribution in [1.82, 2.24) is 19.8 Å². The van der Waals surface area contributed by atoms with Gasteiger partial charge in [-0.05, 0) is 55.5 Å². The van der Waals surface area contributed by atoms with Crippen LogP contribution in [0.15, 0.2) is 59.0 Å². The molecule has 3 heterocycles. The fourth-order valence-corrected chi connectivity index (χ4v) is 4.30. The second-order valence-corrected chi connectivity index (χ2v) is 8.39. The van der Waals surface area contributed by atoms with Crippen LogP contribution in [0.2, 0.25) is 10.0 Å². The number of furan rings is 1. The first-order chi connectivity index (χ1) is 15.0. The second-order valence-electron chi connectivity index (χ2n) is 6.65. The van der Waals surface area contributed by atoms with Crippen molar-refractivity contribution in [1.29, 1.82) is 0 Å². The summed E-state index contributed by atoms with van der Waals surface area (Å²) in [5.74, 6) is 0.996. The van der Waals surface area contributed by atoms with Gasteiger partial charge in [-0.2, -0.15) is 9.61 Å². The molecule has 3 aromatic heterocycles. The zero-order valence-electron chi connectivity index (χ0n) is 16.0. The van der Waals surface area contributed by atoms with Crippen molar-refractivity contribution in [2.24, 2.45) is 0 Å². The summed E-state index contributed by atoms with van der Waals surface area (Å²) < 4.78 is 7.39. The van der Waals surface area contributed by atoms with Crippen molar-refractivity contribution in [2.75, 3.05) is 5.32 Å². The minimum absolute atomic E-state index is 0.166. The highest BCUT2D eigenvalue weighted by atomic mass is 35.5. The molecule has 154 valence electrons. The number of carbonyl (C=O) groups is 1. The number of amides is 1. The SMILES string of the molecule is Cc1nnc2sc(-c3ccc(NC(=O)c4ccc(-c5cccc(Cl)c5Cl)o4)cc3)nn12. The highest BCUT2D eigenvalue weighted by Crippen LogP contribution is 2.34. The molecule has 0 saturated carbocycles. The van der Waals surface area contributed by atoms with Crippen LogP contribution in [0.3, 0.4) is 0 Å². The van der Waals surface area contributed by atoms with E-state index in [1.54, 1.807) is 47.0 Å². The molecule has 0 aliphatic carbocycles. The molecule has 1 amide bonds. The molecule has 0 aliphatic heterocycles. The number of aryl methyl sites for hydroxylation is 1. The van der Waals surface area contributed by atoms with Gasteiger partial charge >= 0.3 is 0 Å². The first kappa shape index (κ1) is 19.7. The van der Waals surface area contributed by atoms with E-state index in [1.165, 1.54) is 11.3 Å². The van der Waals surface area contributed by atoms with E-state index in [4.69, 9.17) is 27.6 Å². The van der Waals surface area contributed by atoms with Crippen LogP contribution in [-0.4, -0.2) is 25.7 Å². The van der Waals surface area contributed by atoms with Gasteiger partial charge in [0.2, 0.25) is 4.96 Å². The van der Waals surface area contributed by atoms with Gasteiger partial charge in [0, 0.05) is 16.8 Å². The number of hydrogen-bond donors (Lipinski definition) is 1. The molecule has 0 bridgehead atoms. The number of benzene rings is 2. The summed E-state index contributed by atoms with van der Waals surface area (Å²) in [6.07, 6.45) is 0. The van der Waals surface area contributed by atoms with E-state index in [2.05, 4.69) is 20.6 Å². The van der Waals surface area contributed by atoms with Gasteiger partial charge in [-0.25, -0.2) is 0 Å². The molecule has 7 nitrogen and oxygen atoms in total. The standard InChI is InChI=1S/C21H13Cl2N5O2S/c1-11-25-26-21-28(11)27-20(31-21)12-5-7-13(8-6-12)24-19(29)17-10-9-16(30-17)14-3-2-4-15(22)18(14)23/h2-10H,1H3,(H,24,29). The molecule has 0 saturated heterocycles. The molecule has 31 heavy (non-hydrogen) atoms. The maximum Gasteiger partial charge on any atom is 0.291 e. The minimum atomic E-state index is -0.369. The Kier molecular flexibility index (Phi) is 4.97. The van der Waals surface area contributed by atoms with Crippen molar-refractivity contribution >= 4 is 51.1 Å². The lowest BCUT2D eigenvalue weighted by Crippen LogP contribution is -2.10. The largest absolute Gasteiger partial charge is 0.451 e. The number of aromatic nitrogens is 4. The molecule has 10 heteroatoms. The number of anilines is 1. The van der Waals surface area contributed by atoms with Crippen molar-refractivity contribution in [3.8, 4) is 21.9 Å². The summed E-state index contributed by atoms with van der Waals surface area (Å²) in [5.41, 5.74) is 2.17. The molecule has 0 spiro atoms. The molecule has 0 radical (unpaired) electrons. The number of rotatable bonds is 4. The van der Waals surface area contributed by atoms with Gasteiger partial charge < -0.3 is 9.73 Å². The quantitative estimate of drug-likeness (QED) is 0.349. The molecule has 0 unspecified atom stereocenters. The first-order valence-electron chi connectivity index (χ1n) is 9.14. The van der Waals surface area contributed by atoms with Crippen LogP contribution in [-0.2, 0) is 0 Å². The summed E-state index contributed by atoms with van der Waals surface area (Å²) >= 11 is 13.7. The Balaban J connectivity index is 1.33. The van der Waals surface area contributed by atoms with E-state index in [-0.39, 0.29) is 11.7 Å². The number of fused-ring (bicyclic) bond motifs is 1. The van der Waals surface area contributed by atoms with Gasteiger partial charge in [0.15, 0.2) is 11.6 Å². The Hall–Kier alpha value is -3.20. The molecule has 0 aliphatic rings.